The highest BCUT2D eigenvalue weighted by atomic mass is 16.4. The number of nitrogens with one attached hydrogen (secondary N) is 1. The molecule has 158 valence electrons. The molecule has 0 bridgehead atoms. The van der Waals surface area contributed by atoms with Crippen LogP contribution >= 0.6 is 0 Å². The third-order valence-corrected chi connectivity index (χ3v) is 4.69. The van der Waals surface area contributed by atoms with Gasteiger partial charge in [-0.25, -0.2) is 0 Å². The second-order valence-electron chi connectivity index (χ2n) is 7.28. The van der Waals surface area contributed by atoms with Crippen LogP contribution < -0.4 is 11.1 Å². The van der Waals surface area contributed by atoms with E-state index in [0.29, 0.717) is 0 Å². The topological polar surface area (TPSA) is 109 Å². The number of carboxylic acid groups (broad SMARTS) is 1. The highest BCUT2D eigenvalue weighted by molar-refractivity contribution is 5.94. The van der Waals surface area contributed by atoms with Gasteiger partial charge in [-0.2, -0.15) is 0 Å². The molecule has 0 aliphatic heterocycles. The van der Waals surface area contributed by atoms with Crippen molar-refractivity contribution >= 4 is 17.7 Å². The van der Waals surface area contributed by atoms with Crippen LogP contribution in [0.4, 0.5) is 0 Å². The van der Waals surface area contributed by atoms with Crippen LogP contribution in [0.5, 0.6) is 0 Å². The van der Waals surface area contributed by atoms with Gasteiger partial charge in [-0.15, -0.1) is 0 Å². The summed E-state index contributed by atoms with van der Waals surface area (Å²) in [6.45, 7) is 9.35. The number of hydrogen-bond donors (Lipinski definition) is 3. The molecule has 1 amide bonds. The SMILES string of the molecule is CC=C(C)CCC=C(C)CCC=C(C)C(N)C(=O)[C@H](CCC(=O)O)NC(C)=O. The van der Waals surface area contributed by atoms with Gasteiger partial charge in [-0.3, -0.25) is 14.4 Å². The fourth-order valence-electron chi connectivity index (χ4n) is 2.69. The van der Waals surface area contributed by atoms with Crippen molar-refractivity contribution in [1.29, 1.82) is 0 Å². The van der Waals surface area contributed by atoms with E-state index >= 15 is 0 Å². The zero-order valence-corrected chi connectivity index (χ0v) is 17.9. The molecule has 0 aromatic carbocycles. The Kier molecular flexibility index (Phi) is 12.8. The lowest BCUT2D eigenvalue weighted by molar-refractivity contribution is -0.137. The Morgan fingerprint density at radius 3 is 2.07 bits per heavy atom. The number of Topliss-reactive ketones (excluding diaryl/α,β-unsaturated/α-hetero) is 1. The van der Waals surface area contributed by atoms with Crippen LogP contribution in [0, 0.1) is 0 Å². The summed E-state index contributed by atoms with van der Waals surface area (Å²) in [5.41, 5.74) is 9.45. The molecule has 0 radical (unpaired) electrons. The van der Waals surface area contributed by atoms with Crippen LogP contribution in [0.1, 0.15) is 73.1 Å². The molecular weight excluding hydrogens is 356 g/mol. The van der Waals surface area contributed by atoms with E-state index < -0.39 is 18.1 Å². The van der Waals surface area contributed by atoms with Crippen LogP contribution in [0.3, 0.4) is 0 Å². The lowest BCUT2D eigenvalue weighted by Gasteiger charge is -2.20. The Balaban J connectivity index is 4.74. The Bertz CT molecular complexity index is 632. The highest BCUT2D eigenvalue weighted by Crippen LogP contribution is 2.13. The van der Waals surface area contributed by atoms with E-state index in [1.807, 2.05) is 13.0 Å². The summed E-state index contributed by atoms with van der Waals surface area (Å²) < 4.78 is 0. The van der Waals surface area contributed by atoms with Crippen LogP contribution in [0.2, 0.25) is 0 Å². The summed E-state index contributed by atoms with van der Waals surface area (Å²) >= 11 is 0. The van der Waals surface area contributed by atoms with Gasteiger partial charge >= 0.3 is 5.97 Å². The zero-order chi connectivity index (χ0) is 21.7. The number of ketones is 1. The fourth-order valence-corrected chi connectivity index (χ4v) is 2.69. The number of amides is 1. The molecule has 0 saturated heterocycles. The van der Waals surface area contributed by atoms with E-state index in [0.717, 1.165) is 31.3 Å². The Morgan fingerprint density at radius 2 is 1.54 bits per heavy atom. The quantitative estimate of drug-likeness (QED) is 0.414. The molecule has 0 fully saturated rings. The summed E-state index contributed by atoms with van der Waals surface area (Å²) in [4.78, 5) is 34.7. The molecule has 0 aromatic heterocycles. The maximum absolute atomic E-state index is 12.6. The van der Waals surface area contributed by atoms with Crippen LogP contribution in [0.25, 0.3) is 0 Å². The first kappa shape index (κ1) is 25.8. The first-order valence-electron chi connectivity index (χ1n) is 9.80. The lowest BCUT2D eigenvalue weighted by atomic mass is 9.95. The largest absolute Gasteiger partial charge is 0.481 e. The number of carboxylic acids is 1. The highest BCUT2D eigenvalue weighted by Gasteiger charge is 2.26. The second-order valence-corrected chi connectivity index (χ2v) is 7.28. The summed E-state index contributed by atoms with van der Waals surface area (Å²) in [6, 6.07) is -1.74. The van der Waals surface area contributed by atoms with Gasteiger partial charge in [0, 0.05) is 13.3 Å². The second kappa shape index (κ2) is 13.9. The van der Waals surface area contributed by atoms with E-state index in [4.69, 9.17) is 10.8 Å². The van der Waals surface area contributed by atoms with Crippen LogP contribution in [-0.2, 0) is 14.4 Å². The number of carbonyl (C=O) groups excluding carboxylic acids is 2. The molecule has 0 aromatic rings. The monoisotopic (exact) mass is 392 g/mol. The van der Waals surface area contributed by atoms with E-state index in [9.17, 15) is 14.4 Å². The number of allylic oxidation sites excluding steroid dienone is 5. The molecule has 0 saturated carbocycles. The van der Waals surface area contributed by atoms with Gasteiger partial charge in [-0.1, -0.05) is 34.9 Å². The van der Waals surface area contributed by atoms with E-state index in [2.05, 4.69) is 31.3 Å². The van der Waals surface area contributed by atoms with Crippen molar-refractivity contribution in [2.45, 2.75) is 85.2 Å². The number of rotatable bonds is 13. The summed E-state index contributed by atoms with van der Waals surface area (Å²) in [7, 11) is 0. The average molecular weight is 393 g/mol. The normalized spacial score (nSPS) is 15.1. The minimum Gasteiger partial charge on any atom is -0.481 e. The number of hydrogen-bond acceptors (Lipinski definition) is 4. The van der Waals surface area contributed by atoms with Gasteiger partial charge in [-0.05, 0) is 59.8 Å². The van der Waals surface area contributed by atoms with Crippen molar-refractivity contribution < 1.29 is 19.5 Å². The molecule has 0 aliphatic rings. The zero-order valence-electron chi connectivity index (χ0n) is 17.9. The van der Waals surface area contributed by atoms with E-state index in [-0.39, 0.29) is 24.5 Å². The number of nitrogens with two attached hydrogens (primary N) is 1. The number of aliphatic carboxylic acids is 1. The number of carbonyl (C=O) groups is 3. The molecule has 0 heterocycles. The van der Waals surface area contributed by atoms with Crippen molar-refractivity contribution in [1.82, 2.24) is 5.32 Å². The molecule has 6 nitrogen and oxygen atoms in total. The van der Waals surface area contributed by atoms with Crippen molar-refractivity contribution in [3.63, 3.8) is 0 Å². The third kappa shape index (κ3) is 11.5. The molecule has 0 spiro atoms. The lowest BCUT2D eigenvalue weighted by Crippen LogP contribution is -2.48. The van der Waals surface area contributed by atoms with Gasteiger partial charge in [0.2, 0.25) is 5.91 Å². The molecule has 4 N–H and O–H groups in total. The molecule has 2 atom stereocenters. The maximum atomic E-state index is 12.6. The molecule has 0 aliphatic carbocycles. The average Bonchev–Trinajstić information content (AvgIpc) is 2.63. The first-order valence-corrected chi connectivity index (χ1v) is 9.80. The molecule has 1 unspecified atom stereocenters. The van der Waals surface area contributed by atoms with Crippen LogP contribution in [0.15, 0.2) is 34.9 Å². The summed E-state index contributed by atoms with van der Waals surface area (Å²) in [6.07, 6.45) is 9.87. The first-order chi connectivity index (χ1) is 13.1. The third-order valence-electron chi connectivity index (χ3n) is 4.69. The Hall–Kier alpha value is -2.21. The van der Waals surface area contributed by atoms with Gasteiger partial charge in [0.05, 0.1) is 12.1 Å². The van der Waals surface area contributed by atoms with Gasteiger partial charge in [0.1, 0.15) is 0 Å². The summed E-state index contributed by atoms with van der Waals surface area (Å²) in [5.74, 6) is -1.76. The van der Waals surface area contributed by atoms with Crippen molar-refractivity contribution in [2.24, 2.45) is 5.73 Å². The summed E-state index contributed by atoms with van der Waals surface area (Å²) in [5, 5.41) is 11.3. The van der Waals surface area contributed by atoms with Gasteiger partial charge in [0.25, 0.3) is 0 Å². The predicted octanol–water partition coefficient (Wildman–Crippen LogP) is 3.67. The van der Waals surface area contributed by atoms with Crippen molar-refractivity contribution in [3.8, 4) is 0 Å². The predicted molar refractivity (Wildman–Crippen MR) is 113 cm³/mol. The van der Waals surface area contributed by atoms with E-state index in [1.165, 1.54) is 18.1 Å². The molecular formula is C22H36N2O4. The molecule has 28 heavy (non-hydrogen) atoms. The fraction of sp³-hybridized carbons (Fsp3) is 0.591. The van der Waals surface area contributed by atoms with Crippen LogP contribution in [-0.4, -0.2) is 34.8 Å². The van der Waals surface area contributed by atoms with E-state index in [1.54, 1.807) is 6.92 Å². The van der Waals surface area contributed by atoms with Crippen molar-refractivity contribution in [2.75, 3.05) is 0 Å². The minimum atomic E-state index is -1.02. The molecule has 0 rings (SSSR count). The van der Waals surface area contributed by atoms with Gasteiger partial charge in [0.15, 0.2) is 5.78 Å². The molecule has 6 heteroatoms. The Morgan fingerprint density at radius 1 is 0.964 bits per heavy atom. The smallest absolute Gasteiger partial charge is 0.303 e. The van der Waals surface area contributed by atoms with Gasteiger partial charge < -0.3 is 16.2 Å². The minimum absolute atomic E-state index is 0.0300. The maximum Gasteiger partial charge on any atom is 0.303 e. The Labute approximate surface area is 169 Å². The van der Waals surface area contributed by atoms with Crippen molar-refractivity contribution in [3.05, 3.63) is 34.9 Å². The standard InChI is InChI=1S/C22H36N2O4/c1-6-15(2)9-7-10-16(3)11-8-12-17(4)21(23)22(28)19(24-18(5)25)13-14-20(26)27/h6,10,12,19,21H,7-9,11,13-14,23H2,1-5H3,(H,24,25)(H,26,27)/t19-,21?/m0/s1.